The van der Waals surface area contributed by atoms with Gasteiger partial charge in [0.1, 0.15) is 5.69 Å². The third-order valence-corrected chi connectivity index (χ3v) is 3.87. The van der Waals surface area contributed by atoms with E-state index in [-0.39, 0.29) is 5.69 Å². The maximum absolute atomic E-state index is 12.5. The van der Waals surface area contributed by atoms with Crippen molar-refractivity contribution in [3.8, 4) is 0 Å². The number of amides is 1. The summed E-state index contributed by atoms with van der Waals surface area (Å²) in [7, 11) is 0. The van der Waals surface area contributed by atoms with Gasteiger partial charge in [0.25, 0.3) is 5.91 Å². The summed E-state index contributed by atoms with van der Waals surface area (Å²) in [6.45, 7) is 7.72. The Kier molecular flexibility index (Phi) is 8.88. The zero-order valence-electron chi connectivity index (χ0n) is 15.3. The lowest BCUT2D eigenvalue weighted by atomic mass is 9.97. The topological polar surface area (TPSA) is 79.3 Å². The van der Waals surface area contributed by atoms with Crippen LogP contribution < -0.4 is 5.32 Å². The highest BCUT2D eigenvalue weighted by Gasteiger charge is 2.22. The van der Waals surface area contributed by atoms with E-state index in [9.17, 15) is 14.7 Å². The van der Waals surface area contributed by atoms with E-state index in [0.717, 1.165) is 15.6 Å². The smallest absolute Gasteiger partial charge is 0.272 e. The number of Topliss-reactive ketones (excluding diaryl/α,β-unsaturated/α-hetero) is 1. The minimum atomic E-state index is -1.64. The van der Waals surface area contributed by atoms with Crippen LogP contribution in [-0.2, 0) is 0 Å². The van der Waals surface area contributed by atoms with Crippen LogP contribution in [0.2, 0.25) is 0 Å². The number of halogens is 1. The van der Waals surface area contributed by atoms with Crippen molar-refractivity contribution in [2.45, 2.75) is 33.9 Å². The van der Waals surface area contributed by atoms with Crippen LogP contribution in [-0.4, -0.2) is 28.0 Å². The Morgan fingerprint density at radius 2 is 1.92 bits per heavy atom. The molecule has 6 heteroatoms. The molecule has 0 aliphatic carbocycles. The first-order chi connectivity index (χ1) is 12.4. The molecule has 0 spiro atoms. The molecular weight excluding hydrogens is 396 g/mol. The van der Waals surface area contributed by atoms with Crippen molar-refractivity contribution >= 4 is 33.7 Å². The maximum Gasteiger partial charge on any atom is 0.272 e. The Morgan fingerprint density at radius 3 is 2.50 bits per heavy atom. The average Bonchev–Trinajstić information content (AvgIpc) is 2.65. The van der Waals surface area contributed by atoms with Crippen LogP contribution in [0.1, 0.15) is 52.7 Å². The molecule has 1 aromatic carbocycles. The molecule has 0 aliphatic rings. The summed E-state index contributed by atoms with van der Waals surface area (Å²) in [6.07, 6.45) is 3.44. The van der Waals surface area contributed by atoms with Gasteiger partial charge in [-0.25, -0.2) is 4.98 Å². The highest BCUT2D eigenvalue weighted by molar-refractivity contribution is 9.10. The Bertz CT molecular complexity index is 786. The summed E-state index contributed by atoms with van der Waals surface area (Å²) >= 11 is 3.22. The number of benzene rings is 1. The predicted molar refractivity (Wildman–Crippen MR) is 107 cm³/mol. The number of carbonyl (C=O) groups is 2. The summed E-state index contributed by atoms with van der Waals surface area (Å²) in [5.41, 5.74) is 2.10. The van der Waals surface area contributed by atoms with E-state index in [1.165, 1.54) is 12.3 Å². The quantitative estimate of drug-likeness (QED) is 0.564. The Balaban J connectivity index is 0.00000163. The molecule has 1 unspecified atom stereocenters. The van der Waals surface area contributed by atoms with Gasteiger partial charge in [0.15, 0.2) is 6.23 Å². The van der Waals surface area contributed by atoms with E-state index in [4.69, 9.17) is 0 Å². The van der Waals surface area contributed by atoms with Gasteiger partial charge in [0.2, 0.25) is 5.78 Å². The fourth-order valence-electron chi connectivity index (χ4n) is 2.20. The second kappa shape index (κ2) is 10.6. The second-order valence-electron chi connectivity index (χ2n) is 5.14. The van der Waals surface area contributed by atoms with E-state index in [1.807, 2.05) is 39.8 Å². The number of aromatic nitrogens is 1. The minimum absolute atomic E-state index is 0.114. The maximum atomic E-state index is 12.5. The molecule has 0 saturated heterocycles. The van der Waals surface area contributed by atoms with Gasteiger partial charge in [-0.2, -0.15) is 0 Å². The lowest BCUT2D eigenvalue weighted by molar-refractivity contribution is 0.0605. The van der Waals surface area contributed by atoms with Gasteiger partial charge < -0.3 is 10.4 Å². The zero-order valence-corrected chi connectivity index (χ0v) is 16.9. The van der Waals surface area contributed by atoms with Gasteiger partial charge in [0, 0.05) is 16.2 Å². The molecule has 1 aromatic heterocycles. The second-order valence-corrected chi connectivity index (χ2v) is 6.05. The Morgan fingerprint density at radius 1 is 1.23 bits per heavy atom. The number of allylic oxidation sites excluding steroid dienone is 1. The van der Waals surface area contributed by atoms with Crippen LogP contribution in [0.15, 0.2) is 47.1 Å². The Hall–Kier alpha value is -2.31. The molecule has 2 aromatic rings. The number of nitrogens with zero attached hydrogens (tertiary/aromatic N) is 1. The van der Waals surface area contributed by atoms with Crippen molar-refractivity contribution in [1.29, 1.82) is 0 Å². The van der Waals surface area contributed by atoms with Crippen LogP contribution in [0, 0.1) is 6.92 Å². The molecule has 0 radical (unpaired) electrons. The molecule has 5 nitrogen and oxygen atoms in total. The van der Waals surface area contributed by atoms with Crippen LogP contribution in [0.25, 0.3) is 6.08 Å². The highest BCUT2D eigenvalue weighted by Crippen LogP contribution is 2.18. The van der Waals surface area contributed by atoms with Crippen molar-refractivity contribution in [3.63, 3.8) is 0 Å². The number of rotatable bonds is 5. The van der Waals surface area contributed by atoms with Crippen molar-refractivity contribution in [3.05, 3.63) is 69.5 Å². The molecule has 0 fully saturated rings. The number of carbonyl (C=O) groups excluding carboxylic acids is 2. The molecule has 138 valence electrons. The van der Waals surface area contributed by atoms with Crippen LogP contribution in [0.5, 0.6) is 0 Å². The minimum Gasteiger partial charge on any atom is -0.367 e. The van der Waals surface area contributed by atoms with Crippen LogP contribution >= 0.6 is 15.9 Å². The summed E-state index contributed by atoms with van der Waals surface area (Å²) < 4.78 is 0.728. The van der Waals surface area contributed by atoms with Crippen molar-refractivity contribution in [2.75, 3.05) is 0 Å². The predicted octanol–water partition coefficient (Wildman–Crippen LogP) is 4.14. The van der Waals surface area contributed by atoms with Gasteiger partial charge in [-0.3, -0.25) is 9.59 Å². The molecule has 26 heavy (non-hydrogen) atoms. The van der Waals surface area contributed by atoms with Gasteiger partial charge in [-0.15, -0.1) is 0 Å². The summed E-state index contributed by atoms with van der Waals surface area (Å²) in [6, 6.07) is 8.39. The SMILES string of the molecule is C/C=C\c1c(C)cccc1C(=O)C(O)NC(=O)c1ccc(Br)cn1.CC. The van der Waals surface area contributed by atoms with E-state index in [0.29, 0.717) is 5.56 Å². The fraction of sp³-hybridized carbons (Fsp3) is 0.250. The summed E-state index contributed by atoms with van der Waals surface area (Å²) in [5.74, 6) is -1.19. The molecule has 0 aliphatic heterocycles. The van der Waals surface area contributed by atoms with Gasteiger partial charge in [0.05, 0.1) is 0 Å². The summed E-state index contributed by atoms with van der Waals surface area (Å²) in [4.78, 5) is 28.5. The molecule has 0 saturated carbocycles. The number of aliphatic hydroxyl groups excluding tert-OH is 1. The standard InChI is InChI=1S/C18H17BrN2O3.C2H6/c1-3-5-13-11(2)6-4-7-14(13)16(22)18(24)21-17(23)15-9-8-12(19)10-20-15;1-2/h3-10,18,24H,1-2H3,(H,21,23);1-2H3/b5-3-;. The highest BCUT2D eigenvalue weighted by atomic mass is 79.9. The van der Waals surface area contributed by atoms with Crippen molar-refractivity contribution in [1.82, 2.24) is 10.3 Å². The summed E-state index contributed by atoms with van der Waals surface area (Å²) in [5, 5.41) is 12.4. The number of hydrogen-bond donors (Lipinski definition) is 2. The van der Waals surface area contributed by atoms with Crippen molar-refractivity contribution in [2.24, 2.45) is 0 Å². The first-order valence-electron chi connectivity index (χ1n) is 8.31. The molecule has 2 rings (SSSR count). The van der Waals surface area contributed by atoms with E-state index < -0.39 is 17.9 Å². The van der Waals surface area contributed by atoms with Gasteiger partial charge in [-0.05, 0) is 53.0 Å². The number of hydrogen-bond acceptors (Lipinski definition) is 4. The molecule has 1 amide bonds. The van der Waals surface area contributed by atoms with Crippen molar-refractivity contribution < 1.29 is 14.7 Å². The largest absolute Gasteiger partial charge is 0.367 e. The van der Waals surface area contributed by atoms with Crippen LogP contribution in [0.4, 0.5) is 0 Å². The van der Waals surface area contributed by atoms with Crippen LogP contribution in [0.3, 0.4) is 0 Å². The van der Waals surface area contributed by atoms with E-state index in [2.05, 4.69) is 26.2 Å². The first kappa shape index (κ1) is 21.7. The number of ketones is 1. The third kappa shape index (κ3) is 5.61. The first-order valence-corrected chi connectivity index (χ1v) is 9.10. The number of pyridine rings is 1. The number of aryl methyl sites for hydroxylation is 1. The molecule has 1 atom stereocenters. The monoisotopic (exact) mass is 418 g/mol. The average molecular weight is 419 g/mol. The molecule has 1 heterocycles. The normalized spacial score (nSPS) is 11.5. The van der Waals surface area contributed by atoms with Gasteiger partial charge >= 0.3 is 0 Å². The molecular formula is C20H23BrN2O3. The molecule has 2 N–H and O–H groups in total. The lowest BCUT2D eigenvalue weighted by Gasteiger charge is -2.14. The lowest BCUT2D eigenvalue weighted by Crippen LogP contribution is -2.41. The van der Waals surface area contributed by atoms with E-state index in [1.54, 1.807) is 24.3 Å². The van der Waals surface area contributed by atoms with E-state index >= 15 is 0 Å². The third-order valence-electron chi connectivity index (χ3n) is 3.40. The number of aliphatic hydroxyl groups is 1. The fourth-order valence-corrected chi connectivity index (χ4v) is 2.44. The Labute approximate surface area is 162 Å². The molecule has 0 bridgehead atoms. The number of nitrogens with one attached hydrogen (secondary N) is 1. The van der Waals surface area contributed by atoms with Gasteiger partial charge in [-0.1, -0.05) is 44.2 Å². The zero-order chi connectivity index (χ0) is 19.7.